The molecule has 0 aliphatic carbocycles. The fourth-order valence-electron chi connectivity index (χ4n) is 3.70. The Morgan fingerprint density at radius 1 is 0.854 bits per heavy atom. The Morgan fingerprint density at radius 3 is 1.80 bits per heavy atom. The highest BCUT2D eigenvalue weighted by Gasteiger charge is 2.35. The molecule has 2 aliphatic heterocycles. The number of Topliss-reactive ketones (excluding diaryl/α,β-unsaturated/α-hetero) is 1. The molecule has 5 N–H and O–H groups in total. The van der Waals surface area contributed by atoms with Crippen molar-refractivity contribution in [3.63, 3.8) is 0 Å². The molecule has 4 amide bonds. The molecule has 0 bridgehead atoms. The van der Waals surface area contributed by atoms with Gasteiger partial charge in [-0.3, -0.25) is 14.4 Å². The highest BCUT2D eigenvalue weighted by molar-refractivity contribution is 7.99. The maximum Gasteiger partial charge on any atom is 0.315 e. The summed E-state index contributed by atoms with van der Waals surface area (Å²) in [6.07, 6.45) is 4.20. The minimum atomic E-state index is -0.432. The van der Waals surface area contributed by atoms with Gasteiger partial charge in [-0.2, -0.15) is 11.8 Å². The van der Waals surface area contributed by atoms with Crippen molar-refractivity contribution >= 4 is 35.4 Å². The van der Waals surface area contributed by atoms with Gasteiger partial charge in [-0.05, 0) is 33.2 Å². The predicted octanol–water partition coefficient (Wildman–Crippen LogP) is 1.62. The van der Waals surface area contributed by atoms with Gasteiger partial charge in [0.2, 0.25) is 11.8 Å². The van der Waals surface area contributed by atoms with Gasteiger partial charge in [-0.15, -0.1) is 0 Å². The molecule has 3 atom stereocenters. The number of rotatable bonds is 21. The van der Waals surface area contributed by atoms with E-state index in [4.69, 9.17) is 14.2 Å². The summed E-state index contributed by atoms with van der Waals surface area (Å²) in [7, 11) is 1.67. The van der Waals surface area contributed by atoms with Crippen LogP contribution in [0.25, 0.3) is 0 Å². The highest BCUT2D eigenvalue weighted by Crippen LogP contribution is 2.20. The zero-order chi connectivity index (χ0) is 30.7. The largest absolute Gasteiger partial charge is 0.379 e. The fraction of sp³-hybridized carbons (Fsp3) is 0.857. The second-order valence-electron chi connectivity index (χ2n) is 9.37. The van der Waals surface area contributed by atoms with Crippen LogP contribution < -0.4 is 26.6 Å². The Labute approximate surface area is 250 Å². The van der Waals surface area contributed by atoms with Gasteiger partial charge in [0.15, 0.2) is 0 Å². The van der Waals surface area contributed by atoms with Crippen LogP contribution in [0.5, 0.6) is 0 Å². The molecule has 2 saturated heterocycles. The molecular weight excluding hydrogens is 550 g/mol. The van der Waals surface area contributed by atoms with E-state index >= 15 is 0 Å². The molecule has 2 fully saturated rings. The second kappa shape index (κ2) is 26.9. The minimum absolute atomic E-state index is 0.00491. The Morgan fingerprint density at radius 2 is 1.34 bits per heavy atom. The number of nitrogens with one attached hydrogen (secondary N) is 5. The van der Waals surface area contributed by atoms with Crippen molar-refractivity contribution in [3.8, 4) is 0 Å². The van der Waals surface area contributed by atoms with Crippen LogP contribution in [0.1, 0.15) is 66.2 Å². The van der Waals surface area contributed by atoms with E-state index in [0.29, 0.717) is 77.7 Å². The smallest absolute Gasteiger partial charge is 0.315 e. The van der Waals surface area contributed by atoms with Crippen molar-refractivity contribution < 1.29 is 33.4 Å². The molecule has 2 heterocycles. The van der Waals surface area contributed by atoms with Crippen molar-refractivity contribution in [2.75, 3.05) is 71.3 Å². The standard InChI is InChI=1S/C21H41N3O6.C5H8N2OS.C2H6/c1-4-5-8-20(26)23-9-6-11-28-13-15-30-16-14-29-12-7-10-24-21(27)17-19(22-3)18(2)25;8-5-6-3-1-9-2-4(3)7-5;1-2/h19,22H,4-17H2,1-3H3,(H,23,26)(H,24,27);3-4H,1-2H2,(H2,6,7,8);1-2H3/t;3-,4?;/m.0./s1. The average molecular weight is 606 g/mol. The highest BCUT2D eigenvalue weighted by atomic mass is 32.2. The van der Waals surface area contributed by atoms with E-state index < -0.39 is 6.04 Å². The normalized spacial score (nSPS) is 17.5. The van der Waals surface area contributed by atoms with E-state index in [0.717, 1.165) is 30.8 Å². The number of carbonyl (C=O) groups is 4. The topological polar surface area (TPSA) is 156 Å². The second-order valence-corrected chi connectivity index (χ2v) is 10.4. The molecule has 2 aliphatic rings. The van der Waals surface area contributed by atoms with E-state index in [1.807, 2.05) is 25.6 Å². The first-order valence-electron chi connectivity index (χ1n) is 15.0. The number of thioether (sulfide) groups is 1. The summed E-state index contributed by atoms with van der Waals surface area (Å²) in [5.74, 6) is 2.06. The number of hydrogen-bond donors (Lipinski definition) is 5. The lowest BCUT2D eigenvalue weighted by molar-refractivity contribution is -0.126. The molecule has 12 nitrogen and oxygen atoms in total. The van der Waals surface area contributed by atoms with Gasteiger partial charge >= 0.3 is 6.03 Å². The Kier molecular flexibility index (Phi) is 25.7. The molecule has 0 saturated carbocycles. The lowest BCUT2D eigenvalue weighted by Crippen LogP contribution is -2.38. The minimum Gasteiger partial charge on any atom is -0.379 e. The van der Waals surface area contributed by atoms with Gasteiger partial charge in [0.25, 0.3) is 0 Å². The van der Waals surface area contributed by atoms with Gasteiger partial charge in [0, 0.05) is 50.7 Å². The fourth-order valence-corrected chi connectivity index (χ4v) is 4.97. The molecule has 0 aromatic heterocycles. The van der Waals surface area contributed by atoms with E-state index in [2.05, 4.69) is 33.5 Å². The van der Waals surface area contributed by atoms with Crippen LogP contribution >= 0.6 is 11.8 Å². The molecule has 0 spiro atoms. The van der Waals surface area contributed by atoms with Crippen molar-refractivity contribution in [3.05, 3.63) is 0 Å². The lowest BCUT2D eigenvalue weighted by Gasteiger charge is -2.12. The number of urea groups is 1. The van der Waals surface area contributed by atoms with Gasteiger partial charge in [0.05, 0.1) is 44.6 Å². The van der Waals surface area contributed by atoms with Crippen LogP contribution in [-0.2, 0) is 28.6 Å². The average Bonchev–Trinajstić information content (AvgIpc) is 3.54. The summed E-state index contributed by atoms with van der Waals surface area (Å²) in [5.41, 5.74) is 0. The molecule has 0 aromatic carbocycles. The number of carbonyl (C=O) groups excluding carboxylic acids is 4. The SMILES string of the molecule is CC.CCCCC(=O)NCCCOCCOCCOCCCNC(=O)CC(NC)C(C)=O.O=C1NC2CSC[C@@H]2N1. The Hall–Kier alpha value is -1.93. The molecule has 0 aromatic rings. The summed E-state index contributed by atoms with van der Waals surface area (Å²) >= 11 is 1.89. The Bertz CT molecular complexity index is 703. The Balaban J connectivity index is 0.00000119. The van der Waals surface area contributed by atoms with Gasteiger partial charge in [-0.1, -0.05) is 27.2 Å². The van der Waals surface area contributed by atoms with Gasteiger partial charge in [0.1, 0.15) is 5.78 Å². The van der Waals surface area contributed by atoms with Crippen LogP contribution in [0.2, 0.25) is 0 Å². The zero-order valence-electron chi connectivity index (χ0n) is 25.8. The summed E-state index contributed by atoms with van der Waals surface area (Å²) < 4.78 is 16.3. The number of likely N-dealkylation sites (N-methyl/N-ethyl adjacent to an activating group) is 1. The molecular formula is C28H55N5O7S. The monoisotopic (exact) mass is 605 g/mol. The van der Waals surface area contributed by atoms with Crippen molar-refractivity contribution in [1.29, 1.82) is 0 Å². The number of fused-ring (bicyclic) bond motifs is 1. The summed E-state index contributed by atoms with van der Waals surface area (Å²) in [5, 5.41) is 14.2. The summed E-state index contributed by atoms with van der Waals surface area (Å²) in [6, 6.07) is 0.383. The molecule has 13 heteroatoms. The van der Waals surface area contributed by atoms with Crippen molar-refractivity contribution in [2.45, 2.75) is 84.3 Å². The number of amides is 4. The zero-order valence-corrected chi connectivity index (χ0v) is 26.6. The number of ether oxygens (including phenoxy) is 3. The molecule has 240 valence electrons. The third kappa shape index (κ3) is 21.4. The van der Waals surface area contributed by atoms with Crippen molar-refractivity contribution in [1.82, 2.24) is 26.6 Å². The first kappa shape index (κ1) is 39.1. The van der Waals surface area contributed by atoms with Gasteiger partial charge < -0.3 is 40.8 Å². The van der Waals surface area contributed by atoms with Crippen LogP contribution in [0, 0.1) is 0 Å². The van der Waals surface area contributed by atoms with E-state index in [9.17, 15) is 19.2 Å². The first-order valence-corrected chi connectivity index (χ1v) is 16.1. The molecule has 41 heavy (non-hydrogen) atoms. The quantitative estimate of drug-likeness (QED) is 0.0969. The first-order chi connectivity index (χ1) is 19.9. The number of hydrogen-bond acceptors (Lipinski definition) is 9. The molecule has 2 rings (SSSR count). The predicted molar refractivity (Wildman–Crippen MR) is 163 cm³/mol. The number of unbranched alkanes of at least 4 members (excludes halogenated alkanes) is 1. The summed E-state index contributed by atoms with van der Waals surface area (Å²) in [6.45, 7) is 11.8. The molecule has 2 unspecified atom stereocenters. The van der Waals surface area contributed by atoms with Crippen LogP contribution in [0.3, 0.4) is 0 Å². The van der Waals surface area contributed by atoms with E-state index in [1.54, 1.807) is 7.05 Å². The molecule has 0 radical (unpaired) electrons. The van der Waals surface area contributed by atoms with Gasteiger partial charge in [-0.25, -0.2) is 4.79 Å². The van der Waals surface area contributed by atoms with Crippen molar-refractivity contribution in [2.24, 2.45) is 0 Å². The van der Waals surface area contributed by atoms with E-state index in [1.165, 1.54) is 6.92 Å². The maximum atomic E-state index is 11.7. The van der Waals surface area contributed by atoms with Crippen LogP contribution in [0.15, 0.2) is 0 Å². The lowest BCUT2D eigenvalue weighted by atomic mass is 10.1. The third-order valence-electron chi connectivity index (χ3n) is 6.02. The van der Waals surface area contributed by atoms with Crippen LogP contribution in [0.4, 0.5) is 4.79 Å². The van der Waals surface area contributed by atoms with E-state index in [-0.39, 0.29) is 30.0 Å². The third-order valence-corrected chi connectivity index (χ3v) is 7.21. The summed E-state index contributed by atoms with van der Waals surface area (Å²) in [4.78, 5) is 45.0. The van der Waals surface area contributed by atoms with Crippen LogP contribution in [-0.4, -0.2) is 113 Å². The maximum absolute atomic E-state index is 11.7. The number of ketones is 1.